The van der Waals surface area contributed by atoms with E-state index in [1.807, 2.05) is 0 Å². The lowest BCUT2D eigenvalue weighted by atomic mass is 9.99. The number of carbonyl (C=O) groups excluding carboxylic acids is 4. The number of benzene rings is 2. The van der Waals surface area contributed by atoms with Gasteiger partial charge < -0.3 is 10.2 Å². The smallest absolute Gasteiger partial charge is 0.273 e. The second kappa shape index (κ2) is 14.3. The van der Waals surface area contributed by atoms with Gasteiger partial charge in [-0.2, -0.15) is 0 Å². The lowest BCUT2D eigenvalue weighted by molar-refractivity contribution is -0.126. The minimum absolute atomic E-state index is 0.0752. The Morgan fingerprint density at radius 1 is 0.611 bits per heavy atom. The van der Waals surface area contributed by atoms with Gasteiger partial charge in [0, 0.05) is 11.8 Å². The number of aromatic hydroxyl groups is 2. The second-order valence-electron chi connectivity index (χ2n) is 8.71. The third kappa shape index (κ3) is 8.94. The van der Waals surface area contributed by atoms with Crippen LogP contribution in [0, 0.1) is 11.8 Å². The number of para-hydroxylation sites is 2. The molecule has 0 bridgehead atoms. The number of nitrogens with one attached hydrogen (secondary N) is 4. The zero-order valence-electron chi connectivity index (χ0n) is 20.5. The number of hydrogen-bond donors (Lipinski definition) is 6. The first-order chi connectivity index (χ1) is 17.2. The summed E-state index contributed by atoms with van der Waals surface area (Å²) in [7, 11) is 0. The highest BCUT2D eigenvalue weighted by Gasteiger charge is 2.17. The van der Waals surface area contributed by atoms with Crippen molar-refractivity contribution in [3.8, 4) is 11.5 Å². The predicted molar refractivity (Wildman–Crippen MR) is 133 cm³/mol. The van der Waals surface area contributed by atoms with Crippen LogP contribution in [0.25, 0.3) is 0 Å². The van der Waals surface area contributed by atoms with Gasteiger partial charge in [0.05, 0.1) is 11.1 Å². The quantitative estimate of drug-likeness (QED) is 0.207. The molecule has 0 saturated heterocycles. The maximum Gasteiger partial charge on any atom is 0.273 e. The number of unbranched alkanes of at least 4 members (excludes halogenated alkanes) is 3. The van der Waals surface area contributed by atoms with Crippen LogP contribution in [0.1, 0.15) is 73.1 Å². The molecule has 2 atom stereocenters. The van der Waals surface area contributed by atoms with Crippen LogP contribution in [0.15, 0.2) is 48.5 Å². The highest BCUT2D eigenvalue weighted by molar-refractivity contribution is 5.98. The van der Waals surface area contributed by atoms with E-state index in [0.717, 1.165) is 25.7 Å². The number of carbonyl (C=O) groups is 4. The van der Waals surface area contributed by atoms with Gasteiger partial charge in [-0.3, -0.25) is 40.9 Å². The van der Waals surface area contributed by atoms with Crippen LogP contribution in [0.2, 0.25) is 0 Å². The van der Waals surface area contributed by atoms with Crippen molar-refractivity contribution < 1.29 is 29.4 Å². The summed E-state index contributed by atoms with van der Waals surface area (Å²) >= 11 is 0. The maximum absolute atomic E-state index is 12.2. The molecule has 2 rings (SSSR count). The summed E-state index contributed by atoms with van der Waals surface area (Å²) in [5.41, 5.74) is 9.53. The molecule has 0 spiro atoms. The van der Waals surface area contributed by atoms with E-state index in [2.05, 4.69) is 21.7 Å². The first-order valence-electron chi connectivity index (χ1n) is 12.0. The van der Waals surface area contributed by atoms with Crippen molar-refractivity contribution >= 4 is 23.6 Å². The Morgan fingerprint density at radius 2 is 0.972 bits per heavy atom. The Balaban J connectivity index is 1.56. The van der Waals surface area contributed by atoms with E-state index < -0.39 is 11.8 Å². The molecule has 0 saturated carbocycles. The molecule has 2 aromatic rings. The molecule has 10 heteroatoms. The fraction of sp³-hybridized carbons (Fsp3) is 0.385. The Kier molecular flexibility index (Phi) is 11.2. The zero-order valence-corrected chi connectivity index (χ0v) is 20.5. The Bertz CT molecular complexity index is 975. The summed E-state index contributed by atoms with van der Waals surface area (Å²) in [4.78, 5) is 48.5. The molecule has 0 aliphatic heterocycles. The van der Waals surface area contributed by atoms with Crippen LogP contribution in [0.5, 0.6) is 11.5 Å². The molecule has 10 nitrogen and oxygen atoms in total. The first kappa shape index (κ1) is 28.2. The number of rotatable bonds is 11. The summed E-state index contributed by atoms with van der Waals surface area (Å²) in [5, 5.41) is 19.4. The molecule has 0 heterocycles. The molecule has 4 amide bonds. The molecule has 36 heavy (non-hydrogen) atoms. The first-order valence-corrected chi connectivity index (χ1v) is 12.0. The molecule has 0 radical (unpaired) electrons. The molecule has 0 aromatic heterocycles. The van der Waals surface area contributed by atoms with Crippen LogP contribution >= 0.6 is 0 Å². The van der Waals surface area contributed by atoms with E-state index in [9.17, 15) is 29.4 Å². The molecule has 6 N–H and O–H groups in total. The van der Waals surface area contributed by atoms with E-state index >= 15 is 0 Å². The minimum atomic E-state index is -0.593. The van der Waals surface area contributed by atoms with E-state index in [0.29, 0.717) is 12.8 Å². The van der Waals surface area contributed by atoms with Crippen LogP contribution in [0.4, 0.5) is 0 Å². The highest BCUT2D eigenvalue weighted by atomic mass is 16.3. The fourth-order valence-corrected chi connectivity index (χ4v) is 3.47. The maximum atomic E-state index is 12.2. The lowest BCUT2D eigenvalue weighted by Crippen LogP contribution is -2.44. The number of hydrogen-bond acceptors (Lipinski definition) is 6. The van der Waals surface area contributed by atoms with Gasteiger partial charge >= 0.3 is 0 Å². The zero-order chi connectivity index (χ0) is 26.5. The van der Waals surface area contributed by atoms with Crippen molar-refractivity contribution in [2.24, 2.45) is 11.8 Å². The van der Waals surface area contributed by atoms with Gasteiger partial charge in [0.2, 0.25) is 11.8 Å². The highest BCUT2D eigenvalue weighted by Crippen LogP contribution is 2.17. The van der Waals surface area contributed by atoms with Gasteiger partial charge in [0.25, 0.3) is 11.8 Å². The molecule has 194 valence electrons. The van der Waals surface area contributed by atoms with E-state index in [4.69, 9.17) is 0 Å². The van der Waals surface area contributed by atoms with Crippen molar-refractivity contribution in [3.63, 3.8) is 0 Å². The average Bonchev–Trinajstić information content (AvgIpc) is 2.87. The predicted octanol–water partition coefficient (Wildman–Crippen LogP) is 2.93. The normalized spacial score (nSPS) is 12.2. The summed E-state index contributed by atoms with van der Waals surface area (Å²) in [6.07, 6.45) is 4.71. The van der Waals surface area contributed by atoms with Crippen LogP contribution in [-0.4, -0.2) is 33.8 Å². The second-order valence-corrected chi connectivity index (χ2v) is 8.71. The summed E-state index contributed by atoms with van der Waals surface area (Å²) < 4.78 is 0. The molecular weight excluding hydrogens is 464 g/mol. The van der Waals surface area contributed by atoms with Crippen LogP contribution in [-0.2, 0) is 9.59 Å². The third-order valence-electron chi connectivity index (χ3n) is 5.82. The Morgan fingerprint density at radius 3 is 1.33 bits per heavy atom. The molecule has 0 aliphatic carbocycles. The van der Waals surface area contributed by atoms with Gasteiger partial charge in [-0.15, -0.1) is 0 Å². The number of amides is 4. The van der Waals surface area contributed by atoms with E-state index in [1.165, 1.54) is 24.3 Å². The molecule has 2 unspecified atom stereocenters. The topological polar surface area (TPSA) is 157 Å². The number of hydrazine groups is 2. The summed E-state index contributed by atoms with van der Waals surface area (Å²) in [5.74, 6) is -2.74. The Hall–Kier alpha value is -4.08. The average molecular weight is 499 g/mol. The minimum Gasteiger partial charge on any atom is -0.507 e. The van der Waals surface area contributed by atoms with Gasteiger partial charge in [-0.1, -0.05) is 63.8 Å². The SMILES string of the molecule is CC(CCCCCCC(C)C(=O)NNC(=O)c1ccccc1O)C(=O)NNC(=O)c1ccccc1O. The largest absolute Gasteiger partial charge is 0.507 e. The molecule has 2 aromatic carbocycles. The number of phenols is 2. The molecule has 0 aliphatic rings. The van der Waals surface area contributed by atoms with Crippen molar-refractivity contribution in [2.45, 2.75) is 52.4 Å². The van der Waals surface area contributed by atoms with Crippen molar-refractivity contribution in [3.05, 3.63) is 59.7 Å². The van der Waals surface area contributed by atoms with E-state index in [1.54, 1.807) is 38.1 Å². The molecule has 0 fully saturated rings. The third-order valence-corrected chi connectivity index (χ3v) is 5.82. The monoisotopic (exact) mass is 498 g/mol. The standard InChI is InChI=1S/C26H34N4O6/c1-17(23(33)27-29-25(35)19-13-7-9-15-21(19)31)11-5-3-4-6-12-18(2)24(34)28-30-26(36)20-14-8-10-16-22(20)32/h7-10,13-18,31-32H,3-6,11-12H2,1-2H3,(H,27,33)(H,28,34)(H,29,35)(H,30,36). The number of phenolic OH excluding ortho intramolecular Hbond substituents is 2. The van der Waals surface area contributed by atoms with Crippen molar-refractivity contribution in [1.29, 1.82) is 0 Å². The van der Waals surface area contributed by atoms with Crippen LogP contribution < -0.4 is 21.7 Å². The van der Waals surface area contributed by atoms with Crippen molar-refractivity contribution in [2.75, 3.05) is 0 Å². The summed E-state index contributed by atoms with van der Waals surface area (Å²) in [6.45, 7) is 3.55. The fourth-order valence-electron chi connectivity index (χ4n) is 3.47. The van der Waals surface area contributed by atoms with Crippen molar-refractivity contribution in [1.82, 2.24) is 21.7 Å². The summed E-state index contributed by atoms with van der Waals surface area (Å²) in [6, 6.07) is 12.1. The van der Waals surface area contributed by atoms with E-state index in [-0.39, 0.29) is 46.3 Å². The van der Waals surface area contributed by atoms with Gasteiger partial charge in [0.15, 0.2) is 0 Å². The molecular formula is C26H34N4O6. The Labute approximate surface area is 210 Å². The van der Waals surface area contributed by atoms with Gasteiger partial charge in [-0.05, 0) is 37.1 Å². The van der Waals surface area contributed by atoms with Gasteiger partial charge in [0.1, 0.15) is 11.5 Å². The van der Waals surface area contributed by atoms with Crippen LogP contribution in [0.3, 0.4) is 0 Å². The lowest BCUT2D eigenvalue weighted by Gasteiger charge is -2.14. The van der Waals surface area contributed by atoms with Gasteiger partial charge in [-0.25, -0.2) is 0 Å².